The van der Waals surface area contributed by atoms with E-state index in [0.717, 1.165) is 64.6 Å². The van der Waals surface area contributed by atoms with E-state index in [0.29, 0.717) is 6.61 Å². The molecule has 25 heavy (non-hydrogen) atoms. The van der Waals surface area contributed by atoms with E-state index in [1.807, 2.05) is 34.6 Å². The third-order valence-electron chi connectivity index (χ3n) is 4.96. The van der Waals surface area contributed by atoms with Crippen molar-refractivity contribution in [3.63, 3.8) is 0 Å². The van der Waals surface area contributed by atoms with Gasteiger partial charge in [-0.15, -0.1) is 0 Å². The topological polar surface area (TPSA) is 52.6 Å². The molecule has 0 rings (SSSR count). The highest BCUT2D eigenvalue weighted by molar-refractivity contribution is 5.81. The van der Waals surface area contributed by atoms with Crippen LogP contribution in [0.4, 0.5) is 0 Å². The van der Waals surface area contributed by atoms with E-state index >= 15 is 0 Å². The molecule has 4 heteroatoms. The SMILES string of the molecule is CCOC(=O)C(C)(C)CCCCCOCCCCCC(C)(C)C(C)=O. The maximum absolute atomic E-state index is 11.8. The maximum Gasteiger partial charge on any atom is 0.311 e. The van der Waals surface area contributed by atoms with Crippen LogP contribution >= 0.6 is 0 Å². The number of ketones is 1. The lowest BCUT2D eigenvalue weighted by molar-refractivity contribution is -0.153. The molecule has 0 aromatic carbocycles. The molecule has 0 spiro atoms. The minimum absolute atomic E-state index is 0.0980. The fraction of sp³-hybridized carbons (Fsp3) is 0.905. The molecule has 0 radical (unpaired) electrons. The number of ether oxygens (including phenoxy) is 2. The maximum atomic E-state index is 11.8. The molecule has 0 atom stereocenters. The summed E-state index contributed by atoms with van der Waals surface area (Å²) in [5.41, 5.74) is -0.567. The van der Waals surface area contributed by atoms with Crippen molar-refractivity contribution in [3.05, 3.63) is 0 Å². The Morgan fingerprint density at radius 2 is 1.24 bits per heavy atom. The first-order chi connectivity index (χ1) is 11.6. The molecule has 4 nitrogen and oxygen atoms in total. The number of Topliss-reactive ketones (excluding diaryl/α,β-unsaturated/α-hetero) is 1. The molecule has 0 N–H and O–H groups in total. The molecule has 0 fully saturated rings. The van der Waals surface area contributed by atoms with Crippen LogP contribution in [0, 0.1) is 10.8 Å². The lowest BCUT2D eigenvalue weighted by Gasteiger charge is -2.21. The molecular formula is C21H40O4. The number of carbonyl (C=O) groups excluding carboxylic acids is 2. The number of unbranched alkanes of at least 4 members (excludes halogenated alkanes) is 4. The van der Waals surface area contributed by atoms with E-state index in [4.69, 9.17) is 9.47 Å². The van der Waals surface area contributed by atoms with Gasteiger partial charge in [0.15, 0.2) is 0 Å². The van der Waals surface area contributed by atoms with E-state index in [2.05, 4.69) is 0 Å². The minimum atomic E-state index is -0.384. The predicted octanol–water partition coefficient (Wildman–Crippen LogP) is 5.33. The first kappa shape index (κ1) is 24.1. The van der Waals surface area contributed by atoms with E-state index in [9.17, 15) is 9.59 Å². The summed E-state index contributed by atoms with van der Waals surface area (Å²) in [4.78, 5) is 23.2. The van der Waals surface area contributed by atoms with Gasteiger partial charge in [0, 0.05) is 18.6 Å². The first-order valence-corrected chi connectivity index (χ1v) is 9.89. The monoisotopic (exact) mass is 356 g/mol. The summed E-state index contributed by atoms with van der Waals surface area (Å²) in [5.74, 6) is 0.175. The van der Waals surface area contributed by atoms with Crippen molar-refractivity contribution >= 4 is 11.8 Å². The van der Waals surface area contributed by atoms with Gasteiger partial charge in [-0.3, -0.25) is 9.59 Å². The lowest BCUT2D eigenvalue weighted by Crippen LogP contribution is -2.26. The summed E-state index contributed by atoms with van der Waals surface area (Å²) in [6.07, 6.45) is 8.21. The molecular weight excluding hydrogens is 316 g/mol. The van der Waals surface area contributed by atoms with Crippen molar-refractivity contribution in [2.45, 2.75) is 92.9 Å². The molecule has 148 valence electrons. The second kappa shape index (κ2) is 12.5. The van der Waals surface area contributed by atoms with Gasteiger partial charge in [0.05, 0.1) is 12.0 Å². The van der Waals surface area contributed by atoms with Crippen molar-refractivity contribution in [2.24, 2.45) is 10.8 Å². The quantitative estimate of drug-likeness (QED) is 0.294. The molecule has 0 aliphatic heterocycles. The van der Waals surface area contributed by atoms with Gasteiger partial charge in [-0.1, -0.05) is 39.5 Å². The van der Waals surface area contributed by atoms with Gasteiger partial charge in [-0.2, -0.15) is 0 Å². The van der Waals surface area contributed by atoms with Gasteiger partial charge in [0.1, 0.15) is 5.78 Å². The van der Waals surface area contributed by atoms with Gasteiger partial charge < -0.3 is 9.47 Å². The van der Waals surface area contributed by atoms with Crippen molar-refractivity contribution in [3.8, 4) is 0 Å². The zero-order valence-corrected chi connectivity index (χ0v) is 17.4. The van der Waals surface area contributed by atoms with Gasteiger partial charge >= 0.3 is 5.97 Å². The van der Waals surface area contributed by atoms with E-state index < -0.39 is 0 Å². The highest BCUT2D eigenvalue weighted by Crippen LogP contribution is 2.26. The van der Waals surface area contributed by atoms with E-state index in [1.165, 1.54) is 0 Å². The number of hydrogen-bond acceptors (Lipinski definition) is 4. The van der Waals surface area contributed by atoms with Crippen LogP contribution in [-0.2, 0) is 19.1 Å². The Morgan fingerprint density at radius 1 is 0.760 bits per heavy atom. The largest absolute Gasteiger partial charge is 0.466 e. The molecule has 0 heterocycles. The Morgan fingerprint density at radius 3 is 1.68 bits per heavy atom. The molecule has 0 aromatic heterocycles. The summed E-state index contributed by atoms with van der Waals surface area (Å²) < 4.78 is 10.8. The van der Waals surface area contributed by atoms with Crippen molar-refractivity contribution in [1.82, 2.24) is 0 Å². The fourth-order valence-electron chi connectivity index (χ4n) is 2.60. The van der Waals surface area contributed by atoms with Crippen LogP contribution in [0.3, 0.4) is 0 Å². The Labute approximate surface area is 155 Å². The molecule has 0 unspecified atom stereocenters. The molecule has 0 aromatic rings. The standard InChI is InChI=1S/C21H40O4/c1-7-25-19(23)21(5,6)15-11-9-13-17-24-16-12-8-10-14-20(3,4)18(2)22/h7-17H2,1-6H3. The second-order valence-electron chi connectivity index (χ2n) is 8.28. The fourth-order valence-corrected chi connectivity index (χ4v) is 2.60. The summed E-state index contributed by atoms with van der Waals surface area (Å²) in [6.45, 7) is 13.5. The number of hydrogen-bond donors (Lipinski definition) is 0. The van der Waals surface area contributed by atoms with Crippen LogP contribution in [0.2, 0.25) is 0 Å². The Balaban J connectivity index is 3.51. The molecule has 0 aliphatic carbocycles. The Kier molecular flexibility index (Phi) is 12.0. The predicted molar refractivity (Wildman–Crippen MR) is 103 cm³/mol. The zero-order chi connectivity index (χ0) is 19.3. The van der Waals surface area contributed by atoms with Gasteiger partial charge in [0.2, 0.25) is 0 Å². The Hall–Kier alpha value is -0.900. The molecule has 0 saturated carbocycles. The van der Waals surface area contributed by atoms with Crippen LogP contribution < -0.4 is 0 Å². The van der Waals surface area contributed by atoms with Crippen molar-refractivity contribution in [1.29, 1.82) is 0 Å². The zero-order valence-electron chi connectivity index (χ0n) is 17.4. The van der Waals surface area contributed by atoms with Gasteiger partial charge in [-0.25, -0.2) is 0 Å². The van der Waals surface area contributed by atoms with Gasteiger partial charge in [0.25, 0.3) is 0 Å². The lowest BCUT2D eigenvalue weighted by atomic mass is 9.83. The Bertz CT molecular complexity index is 385. The van der Waals surface area contributed by atoms with Crippen LogP contribution in [0.5, 0.6) is 0 Å². The normalized spacial score (nSPS) is 12.2. The van der Waals surface area contributed by atoms with Crippen LogP contribution in [0.1, 0.15) is 92.9 Å². The summed E-state index contributed by atoms with van der Waals surface area (Å²) in [5, 5.41) is 0. The summed E-state index contributed by atoms with van der Waals surface area (Å²) in [7, 11) is 0. The van der Waals surface area contributed by atoms with E-state index in [-0.39, 0.29) is 22.6 Å². The molecule has 0 amide bonds. The van der Waals surface area contributed by atoms with Crippen LogP contribution in [-0.4, -0.2) is 31.6 Å². The highest BCUT2D eigenvalue weighted by Gasteiger charge is 2.28. The van der Waals surface area contributed by atoms with Crippen molar-refractivity contribution < 1.29 is 19.1 Å². The molecule has 0 aliphatic rings. The summed E-state index contributed by atoms with van der Waals surface area (Å²) >= 11 is 0. The average molecular weight is 357 g/mol. The second-order valence-corrected chi connectivity index (χ2v) is 8.28. The first-order valence-electron chi connectivity index (χ1n) is 9.89. The van der Waals surface area contributed by atoms with E-state index in [1.54, 1.807) is 6.92 Å². The smallest absolute Gasteiger partial charge is 0.311 e. The number of carbonyl (C=O) groups is 2. The minimum Gasteiger partial charge on any atom is -0.466 e. The number of esters is 1. The number of rotatable bonds is 15. The molecule has 0 bridgehead atoms. The van der Waals surface area contributed by atoms with Gasteiger partial charge in [-0.05, 0) is 53.4 Å². The van der Waals surface area contributed by atoms with Crippen LogP contribution in [0.25, 0.3) is 0 Å². The average Bonchev–Trinajstić information content (AvgIpc) is 2.52. The third kappa shape index (κ3) is 11.4. The van der Waals surface area contributed by atoms with Crippen molar-refractivity contribution in [2.75, 3.05) is 19.8 Å². The molecule has 0 saturated heterocycles. The summed E-state index contributed by atoms with van der Waals surface area (Å²) in [6, 6.07) is 0. The highest BCUT2D eigenvalue weighted by atomic mass is 16.5. The van der Waals surface area contributed by atoms with Crippen LogP contribution in [0.15, 0.2) is 0 Å². The third-order valence-corrected chi connectivity index (χ3v) is 4.96.